The first-order valence-electron chi connectivity index (χ1n) is 8.34. The van der Waals surface area contributed by atoms with Crippen molar-refractivity contribution in [3.05, 3.63) is 34.1 Å². The summed E-state index contributed by atoms with van der Waals surface area (Å²) in [6.07, 6.45) is 2.13. The Morgan fingerprint density at radius 3 is 3.00 bits per heavy atom. The molecule has 1 atom stereocenters. The van der Waals surface area contributed by atoms with Crippen LogP contribution in [-0.4, -0.2) is 45.0 Å². The molecule has 0 saturated carbocycles. The zero-order chi connectivity index (χ0) is 17.2. The molecule has 24 heavy (non-hydrogen) atoms. The predicted octanol–water partition coefficient (Wildman–Crippen LogP) is 2.84. The van der Waals surface area contributed by atoms with E-state index in [-0.39, 0.29) is 11.9 Å². The second-order valence-corrected chi connectivity index (χ2v) is 6.53. The lowest BCUT2D eigenvalue weighted by molar-refractivity contribution is 0.0420. The first kappa shape index (κ1) is 19.1. The van der Waals surface area contributed by atoms with Crippen LogP contribution in [0.1, 0.15) is 25.3 Å². The van der Waals surface area contributed by atoms with Crippen LogP contribution in [0.25, 0.3) is 0 Å². The summed E-state index contributed by atoms with van der Waals surface area (Å²) in [6.45, 7) is 6.19. The number of halogens is 2. The molecule has 134 valence electrons. The third kappa shape index (κ3) is 7.15. The fourth-order valence-corrected chi connectivity index (χ4v) is 2.90. The average molecular weight is 402 g/mol. The topological polar surface area (TPSA) is 54.9 Å². The molecular formula is C17H25BrFN3O2. The SMILES string of the molecule is CCNC(=NCc1cc(F)cc(Br)c1)NCCCOC1CCOC1. The van der Waals surface area contributed by atoms with E-state index in [1.54, 1.807) is 0 Å². The summed E-state index contributed by atoms with van der Waals surface area (Å²) >= 11 is 3.30. The number of ether oxygens (including phenoxy) is 2. The normalized spacial score (nSPS) is 18.0. The first-order valence-corrected chi connectivity index (χ1v) is 9.13. The van der Waals surface area contributed by atoms with Gasteiger partial charge in [-0.2, -0.15) is 0 Å². The van der Waals surface area contributed by atoms with Gasteiger partial charge in [0.2, 0.25) is 0 Å². The maximum Gasteiger partial charge on any atom is 0.191 e. The number of guanidine groups is 1. The molecule has 0 aliphatic carbocycles. The van der Waals surface area contributed by atoms with E-state index in [1.807, 2.05) is 13.0 Å². The van der Waals surface area contributed by atoms with Gasteiger partial charge < -0.3 is 20.1 Å². The Bertz CT molecular complexity index is 516. The van der Waals surface area contributed by atoms with Gasteiger partial charge in [-0.1, -0.05) is 15.9 Å². The molecule has 2 N–H and O–H groups in total. The van der Waals surface area contributed by atoms with Crippen molar-refractivity contribution in [3.63, 3.8) is 0 Å². The van der Waals surface area contributed by atoms with Gasteiger partial charge in [0.15, 0.2) is 5.96 Å². The van der Waals surface area contributed by atoms with Crippen molar-refractivity contribution in [1.82, 2.24) is 10.6 Å². The zero-order valence-corrected chi connectivity index (χ0v) is 15.6. The van der Waals surface area contributed by atoms with Gasteiger partial charge in [-0.15, -0.1) is 0 Å². The monoisotopic (exact) mass is 401 g/mol. The summed E-state index contributed by atoms with van der Waals surface area (Å²) in [5.74, 6) is 0.461. The molecule has 1 aromatic carbocycles. The van der Waals surface area contributed by atoms with Crippen molar-refractivity contribution in [2.75, 3.05) is 32.9 Å². The standard InChI is InChI=1S/C17H25BrFN3O2/c1-2-20-17(21-5-3-6-24-16-4-7-23-12-16)22-11-13-8-14(18)10-15(19)9-13/h8-10,16H,2-7,11-12H2,1H3,(H2,20,21,22). The molecule has 1 aromatic rings. The van der Waals surface area contributed by atoms with Crippen molar-refractivity contribution in [3.8, 4) is 0 Å². The largest absolute Gasteiger partial charge is 0.379 e. The minimum absolute atomic E-state index is 0.248. The van der Waals surface area contributed by atoms with Gasteiger partial charge in [0, 0.05) is 30.8 Å². The molecular weight excluding hydrogens is 377 g/mol. The molecule has 5 nitrogen and oxygen atoms in total. The van der Waals surface area contributed by atoms with Gasteiger partial charge in [-0.25, -0.2) is 9.38 Å². The zero-order valence-electron chi connectivity index (χ0n) is 14.0. The Balaban J connectivity index is 1.73. The lowest BCUT2D eigenvalue weighted by atomic mass is 10.2. The Kier molecular flexibility index (Phi) is 8.49. The number of aliphatic imine (C=N–C) groups is 1. The lowest BCUT2D eigenvalue weighted by Gasteiger charge is -2.13. The summed E-state index contributed by atoms with van der Waals surface area (Å²) in [7, 11) is 0. The van der Waals surface area contributed by atoms with E-state index < -0.39 is 0 Å². The highest BCUT2D eigenvalue weighted by molar-refractivity contribution is 9.10. The van der Waals surface area contributed by atoms with Gasteiger partial charge in [0.1, 0.15) is 5.82 Å². The summed E-state index contributed by atoms with van der Waals surface area (Å²) in [6, 6.07) is 4.80. The maximum atomic E-state index is 13.4. The second kappa shape index (κ2) is 10.6. The number of hydrogen-bond acceptors (Lipinski definition) is 3. The van der Waals surface area contributed by atoms with Crippen molar-refractivity contribution >= 4 is 21.9 Å². The molecule has 0 amide bonds. The van der Waals surface area contributed by atoms with Crippen LogP contribution in [0.2, 0.25) is 0 Å². The molecule has 1 aliphatic heterocycles. The minimum atomic E-state index is -0.263. The van der Waals surface area contributed by atoms with E-state index in [0.29, 0.717) is 19.8 Å². The number of nitrogens with zero attached hydrogens (tertiary/aromatic N) is 1. The molecule has 7 heteroatoms. The molecule has 1 aliphatic rings. The van der Waals surface area contributed by atoms with Crippen molar-refractivity contribution in [1.29, 1.82) is 0 Å². The van der Waals surface area contributed by atoms with E-state index in [1.165, 1.54) is 12.1 Å². The molecule has 0 radical (unpaired) electrons. The third-order valence-corrected chi connectivity index (χ3v) is 4.00. The summed E-state index contributed by atoms with van der Waals surface area (Å²) < 4.78 is 25.1. The van der Waals surface area contributed by atoms with Crippen LogP contribution in [0.3, 0.4) is 0 Å². The smallest absolute Gasteiger partial charge is 0.191 e. The van der Waals surface area contributed by atoms with E-state index >= 15 is 0 Å². The van der Waals surface area contributed by atoms with E-state index in [2.05, 4.69) is 31.6 Å². The van der Waals surface area contributed by atoms with Crippen LogP contribution in [0, 0.1) is 5.82 Å². The molecule has 0 aromatic heterocycles. The van der Waals surface area contributed by atoms with Gasteiger partial charge in [0.25, 0.3) is 0 Å². The average Bonchev–Trinajstić information content (AvgIpc) is 3.04. The van der Waals surface area contributed by atoms with Gasteiger partial charge in [0.05, 0.1) is 19.3 Å². The second-order valence-electron chi connectivity index (χ2n) is 5.61. The van der Waals surface area contributed by atoms with Crippen LogP contribution in [0.4, 0.5) is 4.39 Å². The van der Waals surface area contributed by atoms with Crippen LogP contribution in [0.5, 0.6) is 0 Å². The van der Waals surface area contributed by atoms with E-state index in [0.717, 1.165) is 48.5 Å². The van der Waals surface area contributed by atoms with Crippen molar-refractivity contribution in [2.45, 2.75) is 32.4 Å². The number of benzene rings is 1. The molecule has 1 fully saturated rings. The third-order valence-electron chi connectivity index (χ3n) is 3.54. The van der Waals surface area contributed by atoms with Crippen molar-refractivity contribution < 1.29 is 13.9 Å². The summed E-state index contributed by atoms with van der Waals surface area (Å²) in [4.78, 5) is 4.49. The lowest BCUT2D eigenvalue weighted by Crippen LogP contribution is -2.38. The Labute approximate surface area is 151 Å². The van der Waals surface area contributed by atoms with Crippen molar-refractivity contribution in [2.24, 2.45) is 4.99 Å². The van der Waals surface area contributed by atoms with Gasteiger partial charge in [-0.3, -0.25) is 0 Å². The molecule has 2 rings (SSSR count). The predicted molar refractivity (Wildman–Crippen MR) is 96.7 cm³/mol. The van der Waals surface area contributed by atoms with Crippen LogP contribution in [-0.2, 0) is 16.0 Å². The Morgan fingerprint density at radius 1 is 1.42 bits per heavy atom. The summed E-state index contributed by atoms with van der Waals surface area (Å²) in [5, 5.41) is 6.45. The number of hydrogen-bond donors (Lipinski definition) is 2. The highest BCUT2D eigenvalue weighted by Gasteiger charge is 2.15. The van der Waals surface area contributed by atoms with Crippen LogP contribution in [0.15, 0.2) is 27.7 Å². The summed E-state index contributed by atoms with van der Waals surface area (Å²) in [5.41, 5.74) is 0.823. The quantitative estimate of drug-likeness (QED) is 0.399. The highest BCUT2D eigenvalue weighted by Crippen LogP contribution is 2.15. The molecule has 1 unspecified atom stereocenters. The van der Waals surface area contributed by atoms with Crippen LogP contribution >= 0.6 is 15.9 Å². The molecule has 1 saturated heterocycles. The molecule has 0 bridgehead atoms. The fourth-order valence-electron chi connectivity index (χ4n) is 2.39. The van der Waals surface area contributed by atoms with E-state index in [9.17, 15) is 4.39 Å². The van der Waals surface area contributed by atoms with Gasteiger partial charge in [-0.05, 0) is 43.5 Å². The van der Waals surface area contributed by atoms with Crippen LogP contribution < -0.4 is 10.6 Å². The number of rotatable bonds is 8. The minimum Gasteiger partial charge on any atom is -0.379 e. The fraction of sp³-hybridized carbons (Fsp3) is 0.588. The maximum absolute atomic E-state index is 13.4. The Hall–Kier alpha value is -1.18. The molecule has 1 heterocycles. The Morgan fingerprint density at radius 2 is 2.29 bits per heavy atom. The number of nitrogens with one attached hydrogen (secondary N) is 2. The highest BCUT2D eigenvalue weighted by atomic mass is 79.9. The first-order chi connectivity index (χ1) is 11.7. The molecule has 0 spiro atoms. The van der Waals surface area contributed by atoms with E-state index in [4.69, 9.17) is 9.47 Å². The van der Waals surface area contributed by atoms with Gasteiger partial charge >= 0.3 is 0 Å².